The number of methoxy groups -OCH3 is 1. The third kappa shape index (κ3) is 5.91. The summed E-state index contributed by atoms with van der Waals surface area (Å²) >= 11 is 0. The molecule has 0 atom stereocenters. The van der Waals surface area contributed by atoms with Crippen LogP contribution in [0.2, 0.25) is 0 Å². The van der Waals surface area contributed by atoms with Crippen LogP contribution in [-0.2, 0) is 11.8 Å². The number of benzene rings is 2. The molecule has 216 valence electrons. The molecule has 1 aliphatic heterocycles. The molecule has 0 spiro atoms. The molecule has 1 fully saturated rings. The van der Waals surface area contributed by atoms with Crippen molar-refractivity contribution in [3.63, 3.8) is 0 Å². The molecule has 4 aromatic rings. The lowest BCUT2D eigenvalue weighted by molar-refractivity contribution is 0.0204. The van der Waals surface area contributed by atoms with Crippen molar-refractivity contribution in [2.75, 3.05) is 25.9 Å². The SMILES string of the molecule is COc1nc(C2CCN(C(=O)OC(C)(C)C)CC2)cc2c(-c3cc(N)ccc3Oc3ccc(F)cc3F)cn(C)c12. The van der Waals surface area contributed by atoms with E-state index in [1.807, 2.05) is 44.6 Å². The number of amides is 1. The van der Waals surface area contributed by atoms with Crippen LogP contribution in [0.15, 0.2) is 48.7 Å². The number of nitrogens with zero attached hydrogens (tertiary/aromatic N) is 3. The highest BCUT2D eigenvalue weighted by molar-refractivity contribution is 6.00. The number of fused-ring (bicyclic) bond motifs is 1. The van der Waals surface area contributed by atoms with E-state index < -0.39 is 17.2 Å². The Balaban J connectivity index is 1.52. The molecule has 5 rings (SSSR count). The Morgan fingerprint density at radius 3 is 2.39 bits per heavy atom. The zero-order chi connectivity index (χ0) is 29.5. The van der Waals surface area contributed by atoms with Gasteiger partial charge in [0.05, 0.1) is 7.11 Å². The summed E-state index contributed by atoms with van der Waals surface area (Å²) in [6.45, 7) is 6.67. The lowest BCUT2D eigenvalue weighted by Gasteiger charge is -2.33. The topological polar surface area (TPSA) is 91.8 Å². The molecule has 1 aliphatic rings. The number of hydrogen-bond acceptors (Lipinski definition) is 6. The van der Waals surface area contributed by atoms with Crippen molar-refractivity contribution < 1.29 is 27.8 Å². The first-order valence-corrected chi connectivity index (χ1v) is 13.5. The predicted molar refractivity (Wildman–Crippen MR) is 153 cm³/mol. The molecular weight excluding hydrogens is 530 g/mol. The van der Waals surface area contributed by atoms with Gasteiger partial charge in [0.25, 0.3) is 0 Å². The van der Waals surface area contributed by atoms with E-state index in [1.54, 1.807) is 30.2 Å². The van der Waals surface area contributed by atoms with Crippen LogP contribution >= 0.6 is 0 Å². The fourth-order valence-electron chi connectivity index (χ4n) is 5.18. The number of nitrogens with two attached hydrogens (primary N) is 1. The van der Waals surface area contributed by atoms with Crippen LogP contribution < -0.4 is 15.2 Å². The number of aryl methyl sites for hydroxylation is 1. The summed E-state index contributed by atoms with van der Waals surface area (Å²) in [5.41, 5.74) is 9.17. The molecule has 8 nitrogen and oxygen atoms in total. The van der Waals surface area contributed by atoms with Crippen molar-refractivity contribution in [3.8, 4) is 28.5 Å². The van der Waals surface area contributed by atoms with Gasteiger partial charge in [-0.15, -0.1) is 0 Å². The minimum atomic E-state index is -0.809. The van der Waals surface area contributed by atoms with E-state index >= 15 is 0 Å². The van der Waals surface area contributed by atoms with Crippen molar-refractivity contribution in [1.82, 2.24) is 14.5 Å². The number of rotatable bonds is 5. The van der Waals surface area contributed by atoms with Gasteiger partial charge in [0.2, 0.25) is 5.88 Å². The van der Waals surface area contributed by atoms with Crippen LogP contribution in [0.3, 0.4) is 0 Å². The van der Waals surface area contributed by atoms with Crippen LogP contribution in [0.1, 0.15) is 45.2 Å². The van der Waals surface area contributed by atoms with Gasteiger partial charge in [-0.1, -0.05) is 0 Å². The first-order chi connectivity index (χ1) is 19.4. The van der Waals surface area contributed by atoms with Gasteiger partial charge in [0, 0.05) is 66.2 Å². The molecule has 1 amide bonds. The molecule has 2 aromatic carbocycles. The molecule has 10 heteroatoms. The molecule has 2 N–H and O–H groups in total. The smallest absolute Gasteiger partial charge is 0.410 e. The third-order valence-corrected chi connectivity index (χ3v) is 7.11. The average molecular weight is 565 g/mol. The number of nitrogen functional groups attached to an aromatic ring is 1. The largest absolute Gasteiger partial charge is 0.479 e. The van der Waals surface area contributed by atoms with Crippen LogP contribution in [0.4, 0.5) is 19.3 Å². The van der Waals surface area contributed by atoms with Crippen molar-refractivity contribution >= 4 is 22.7 Å². The fourth-order valence-corrected chi connectivity index (χ4v) is 5.18. The molecule has 3 heterocycles. The number of likely N-dealkylation sites (tertiary alicyclic amines) is 1. The van der Waals surface area contributed by atoms with Crippen LogP contribution in [-0.4, -0.2) is 46.3 Å². The second-order valence-corrected chi connectivity index (χ2v) is 11.3. The molecule has 0 unspecified atom stereocenters. The molecule has 0 radical (unpaired) electrons. The van der Waals surface area contributed by atoms with Crippen molar-refractivity contribution in [2.24, 2.45) is 7.05 Å². The number of carbonyl (C=O) groups is 1. The van der Waals surface area contributed by atoms with Gasteiger partial charge in [-0.2, -0.15) is 0 Å². The first-order valence-electron chi connectivity index (χ1n) is 13.5. The van der Waals surface area contributed by atoms with E-state index in [1.165, 1.54) is 6.07 Å². The summed E-state index contributed by atoms with van der Waals surface area (Å²) in [5.74, 6) is -0.668. The number of anilines is 1. The minimum absolute atomic E-state index is 0.102. The van der Waals surface area contributed by atoms with Gasteiger partial charge in [-0.05, 0) is 70.0 Å². The molecule has 0 bridgehead atoms. The maximum atomic E-state index is 14.5. The van der Waals surface area contributed by atoms with Gasteiger partial charge in [0.1, 0.15) is 22.7 Å². The number of hydrogen-bond donors (Lipinski definition) is 1. The summed E-state index contributed by atoms with van der Waals surface area (Å²) in [6.07, 6.45) is 3.06. The summed E-state index contributed by atoms with van der Waals surface area (Å²) < 4.78 is 47.1. The van der Waals surface area contributed by atoms with E-state index in [2.05, 4.69) is 0 Å². The highest BCUT2D eigenvalue weighted by Crippen LogP contribution is 2.43. The molecule has 0 aliphatic carbocycles. The minimum Gasteiger partial charge on any atom is -0.479 e. The second-order valence-electron chi connectivity index (χ2n) is 11.3. The second kappa shape index (κ2) is 10.9. The van der Waals surface area contributed by atoms with Crippen LogP contribution in [0.25, 0.3) is 22.0 Å². The highest BCUT2D eigenvalue weighted by atomic mass is 19.1. The number of piperidine rings is 1. The van der Waals surface area contributed by atoms with E-state index in [-0.39, 0.29) is 17.8 Å². The van der Waals surface area contributed by atoms with E-state index in [9.17, 15) is 13.6 Å². The Kier molecular flexibility index (Phi) is 7.50. The normalized spacial score (nSPS) is 14.4. The first kappa shape index (κ1) is 28.2. The Bertz CT molecular complexity index is 1600. The summed E-state index contributed by atoms with van der Waals surface area (Å²) in [5, 5.41) is 0.860. The summed E-state index contributed by atoms with van der Waals surface area (Å²) in [6, 6.07) is 10.3. The van der Waals surface area contributed by atoms with Crippen molar-refractivity contribution in [2.45, 2.75) is 45.1 Å². The van der Waals surface area contributed by atoms with Crippen molar-refractivity contribution in [1.29, 1.82) is 0 Å². The van der Waals surface area contributed by atoms with Gasteiger partial charge in [-0.25, -0.2) is 18.6 Å². The summed E-state index contributed by atoms with van der Waals surface area (Å²) in [4.78, 5) is 19.1. The predicted octanol–water partition coefficient (Wildman–Crippen LogP) is 7.02. The van der Waals surface area contributed by atoms with Crippen LogP contribution in [0, 0.1) is 11.6 Å². The summed E-state index contributed by atoms with van der Waals surface area (Å²) in [7, 11) is 3.47. The number of pyridine rings is 1. The quantitative estimate of drug-likeness (QED) is 0.262. The Hall–Kier alpha value is -4.34. The van der Waals surface area contributed by atoms with Crippen LogP contribution in [0.5, 0.6) is 17.4 Å². The zero-order valence-corrected chi connectivity index (χ0v) is 23.8. The van der Waals surface area contributed by atoms with Gasteiger partial charge >= 0.3 is 6.09 Å². The molecular formula is C31H34F2N4O4. The van der Waals surface area contributed by atoms with E-state index in [4.69, 9.17) is 24.9 Å². The maximum Gasteiger partial charge on any atom is 0.410 e. The van der Waals surface area contributed by atoms with Gasteiger partial charge in [0.15, 0.2) is 11.6 Å². The third-order valence-electron chi connectivity index (χ3n) is 7.11. The molecule has 1 saturated heterocycles. The Labute approximate surface area is 237 Å². The average Bonchev–Trinajstić information content (AvgIpc) is 3.25. The van der Waals surface area contributed by atoms with Gasteiger partial charge < -0.3 is 29.4 Å². The lowest BCUT2D eigenvalue weighted by atomic mass is 9.92. The monoisotopic (exact) mass is 564 g/mol. The Morgan fingerprint density at radius 1 is 1.02 bits per heavy atom. The zero-order valence-electron chi connectivity index (χ0n) is 23.8. The maximum absolute atomic E-state index is 14.5. The number of aromatic nitrogens is 2. The standard InChI is InChI=1S/C31H34F2N4O4/c1-31(2,3)41-30(38)37-12-10-18(11-13-37)25-16-22-23(17-36(4)28(22)29(35-25)39-5)21-15-20(34)7-9-26(21)40-27-8-6-19(32)14-24(27)33/h6-9,14-18H,10-13,34H2,1-5H3. The van der Waals surface area contributed by atoms with Gasteiger partial charge in [-0.3, -0.25) is 0 Å². The fraction of sp³-hybridized carbons (Fsp3) is 0.355. The Morgan fingerprint density at radius 2 is 1.73 bits per heavy atom. The highest BCUT2D eigenvalue weighted by Gasteiger charge is 2.29. The number of carbonyl (C=O) groups excluding carboxylic acids is 1. The molecule has 2 aromatic heterocycles. The molecule has 41 heavy (non-hydrogen) atoms. The van der Waals surface area contributed by atoms with Crippen molar-refractivity contribution in [3.05, 3.63) is 66.0 Å². The van der Waals surface area contributed by atoms with E-state index in [0.717, 1.165) is 47.1 Å². The lowest BCUT2D eigenvalue weighted by Crippen LogP contribution is -2.41. The molecule has 0 saturated carbocycles. The number of ether oxygens (including phenoxy) is 3. The van der Waals surface area contributed by atoms with E-state index in [0.29, 0.717) is 36.0 Å². The number of halogens is 2.